The standard InChI is InChI=1S/C36H28F3N5O5S4/c1-18-31(51-19(2)41-18)35(48)44-15-21(16-44)49-17-29-42-26-9-7-20(13-28(26)53-29)32-23(11-12-50-32)30(45)27-10-8-22(52-27)14-40-33(46)34(47)43-25-6-4-3-5-24(25)36(37,38)39/h3-13,21H,14-17H2,1-2H3,(H,40,46)(H,43,47). The molecule has 6 aromatic rings. The molecule has 0 radical (unpaired) electrons. The van der Waals surface area contributed by atoms with Gasteiger partial charge in [0.05, 0.1) is 56.3 Å². The Kier molecular flexibility index (Phi) is 10.3. The van der Waals surface area contributed by atoms with Gasteiger partial charge in [-0.15, -0.1) is 45.3 Å². The first kappa shape index (κ1) is 36.5. The molecule has 1 saturated heterocycles. The maximum Gasteiger partial charge on any atom is 0.418 e. The Morgan fingerprint density at radius 1 is 0.943 bits per heavy atom. The SMILES string of the molecule is Cc1nc(C)c(C(=O)N2CC(OCc3nc4ccc(-c5sccc5C(=O)c5ccc(CNC(=O)C(=O)Nc6ccccc6C(F)(F)F)s5)cc4s3)C2)s1. The summed E-state index contributed by atoms with van der Waals surface area (Å²) in [7, 11) is 0. The monoisotopic (exact) mass is 795 g/mol. The predicted molar refractivity (Wildman–Crippen MR) is 199 cm³/mol. The fraction of sp³-hybridized carbons (Fsp3) is 0.222. The molecule has 17 heteroatoms. The zero-order valence-electron chi connectivity index (χ0n) is 27.9. The first-order chi connectivity index (χ1) is 25.3. The predicted octanol–water partition coefficient (Wildman–Crippen LogP) is 7.71. The number of fused-ring (bicyclic) bond motifs is 1. The molecule has 2 aromatic carbocycles. The van der Waals surface area contributed by atoms with Gasteiger partial charge in [-0.25, -0.2) is 9.97 Å². The molecule has 1 aliphatic rings. The number of carbonyl (C=O) groups excluding carboxylic acids is 4. The van der Waals surface area contributed by atoms with Crippen LogP contribution in [0.4, 0.5) is 18.9 Å². The van der Waals surface area contributed by atoms with E-state index in [1.54, 1.807) is 23.1 Å². The van der Waals surface area contributed by atoms with Crippen LogP contribution in [0.25, 0.3) is 20.7 Å². The van der Waals surface area contributed by atoms with Crippen LogP contribution in [-0.4, -0.2) is 57.6 Å². The summed E-state index contributed by atoms with van der Waals surface area (Å²) < 4.78 is 46.8. The van der Waals surface area contributed by atoms with E-state index in [-0.39, 0.29) is 24.3 Å². The Labute approximate surface area is 316 Å². The van der Waals surface area contributed by atoms with Crippen molar-refractivity contribution >= 4 is 84.8 Å². The quantitative estimate of drug-likeness (QED) is 0.107. The third kappa shape index (κ3) is 7.94. The topological polar surface area (TPSA) is 131 Å². The summed E-state index contributed by atoms with van der Waals surface area (Å²) in [4.78, 5) is 64.4. The van der Waals surface area contributed by atoms with Gasteiger partial charge in [-0.2, -0.15) is 13.2 Å². The number of hydrogen-bond acceptors (Lipinski definition) is 11. The van der Waals surface area contributed by atoms with Gasteiger partial charge < -0.3 is 20.3 Å². The average molecular weight is 796 g/mol. The van der Waals surface area contributed by atoms with Crippen molar-refractivity contribution in [2.75, 3.05) is 18.4 Å². The lowest BCUT2D eigenvalue weighted by molar-refractivity contribution is -0.138. The lowest BCUT2D eigenvalue weighted by Gasteiger charge is -2.38. The number of aryl methyl sites for hydroxylation is 2. The summed E-state index contributed by atoms with van der Waals surface area (Å²) in [5.41, 5.74) is 1.34. The van der Waals surface area contributed by atoms with Crippen molar-refractivity contribution in [2.45, 2.75) is 39.3 Å². The van der Waals surface area contributed by atoms with Gasteiger partial charge in [-0.05, 0) is 67.3 Å². The van der Waals surface area contributed by atoms with Gasteiger partial charge in [0.1, 0.15) is 9.88 Å². The number of carbonyl (C=O) groups is 4. The lowest BCUT2D eigenvalue weighted by atomic mass is 10.1. The second-order valence-corrected chi connectivity index (χ2v) is 16.4. The number of hydrogen-bond donors (Lipinski definition) is 2. The highest BCUT2D eigenvalue weighted by Gasteiger charge is 2.35. The number of thiophene rings is 2. The van der Waals surface area contributed by atoms with E-state index in [9.17, 15) is 32.3 Å². The Bertz CT molecular complexity index is 2370. The Hall–Kier alpha value is -4.81. The lowest BCUT2D eigenvalue weighted by Crippen LogP contribution is -2.54. The highest BCUT2D eigenvalue weighted by atomic mass is 32.1. The van der Waals surface area contributed by atoms with Gasteiger partial charge in [0.25, 0.3) is 5.91 Å². The van der Waals surface area contributed by atoms with Crippen LogP contribution in [0.15, 0.2) is 66.0 Å². The van der Waals surface area contributed by atoms with Crippen LogP contribution in [0.3, 0.4) is 0 Å². The van der Waals surface area contributed by atoms with Crippen LogP contribution < -0.4 is 10.6 Å². The van der Waals surface area contributed by atoms with Crippen LogP contribution >= 0.6 is 45.3 Å². The van der Waals surface area contributed by atoms with E-state index in [4.69, 9.17) is 9.72 Å². The molecule has 53 heavy (non-hydrogen) atoms. The minimum atomic E-state index is -4.71. The molecule has 5 heterocycles. The van der Waals surface area contributed by atoms with Crippen molar-refractivity contribution in [1.29, 1.82) is 0 Å². The number of aromatic nitrogens is 2. The molecule has 2 N–H and O–H groups in total. The molecular formula is C36H28F3N5O5S4. The first-order valence-electron chi connectivity index (χ1n) is 16.0. The van der Waals surface area contributed by atoms with Gasteiger partial charge in [-0.3, -0.25) is 19.2 Å². The van der Waals surface area contributed by atoms with E-state index in [2.05, 4.69) is 10.3 Å². The second kappa shape index (κ2) is 14.9. The van der Waals surface area contributed by atoms with Crippen molar-refractivity contribution < 1.29 is 37.1 Å². The molecule has 272 valence electrons. The summed E-state index contributed by atoms with van der Waals surface area (Å²) in [6, 6.07) is 15.2. The molecule has 0 unspecified atom stereocenters. The van der Waals surface area contributed by atoms with Crippen molar-refractivity contribution in [3.8, 4) is 10.4 Å². The number of benzene rings is 2. The van der Waals surface area contributed by atoms with Crippen molar-refractivity contribution in [1.82, 2.24) is 20.2 Å². The Balaban J connectivity index is 0.941. The molecule has 4 aromatic heterocycles. The Morgan fingerprint density at radius 3 is 2.49 bits per heavy atom. The molecule has 0 bridgehead atoms. The number of halogens is 3. The van der Waals surface area contributed by atoms with E-state index in [0.29, 0.717) is 39.9 Å². The van der Waals surface area contributed by atoms with Crippen molar-refractivity contribution in [2.24, 2.45) is 0 Å². The van der Waals surface area contributed by atoms with Gasteiger partial charge in [0, 0.05) is 28.4 Å². The molecule has 1 aliphatic heterocycles. The molecule has 0 spiro atoms. The summed E-state index contributed by atoms with van der Waals surface area (Å²) in [6.07, 6.45) is -4.78. The van der Waals surface area contributed by atoms with Crippen LogP contribution in [0, 0.1) is 13.8 Å². The number of ether oxygens (including phenoxy) is 1. The maximum absolute atomic E-state index is 13.6. The molecule has 0 atom stereocenters. The number of likely N-dealkylation sites (tertiary alicyclic amines) is 1. The van der Waals surface area contributed by atoms with Gasteiger partial charge in [-0.1, -0.05) is 18.2 Å². The summed E-state index contributed by atoms with van der Waals surface area (Å²) >= 11 is 5.48. The minimum absolute atomic E-state index is 0.0171. The van der Waals surface area contributed by atoms with E-state index in [1.807, 2.05) is 42.7 Å². The second-order valence-electron chi connectivity index (χ2n) is 12.0. The molecule has 7 rings (SSSR count). The third-order valence-electron chi connectivity index (χ3n) is 8.28. The van der Waals surface area contributed by atoms with Gasteiger partial charge in [0.2, 0.25) is 5.78 Å². The van der Waals surface area contributed by atoms with E-state index in [1.165, 1.54) is 46.1 Å². The van der Waals surface area contributed by atoms with E-state index < -0.39 is 29.2 Å². The summed E-state index contributed by atoms with van der Waals surface area (Å²) in [5, 5.41) is 7.92. The molecular weight excluding hydrogens is 768 g/mol. The number of alkyl halides is 3. The third-order valence-corrected chi connectivity index (χ3v) is 12.4. The Morgan fingerprint density at radius 2 is 1.74 bits per heavy atom. The minimum Gasteiger partial charge on any atom is -0.367 e. The number of thiazole rings is 2. The molecule has 10 nitrogen and oxygen atoms in total. The van der Waals surface area contributed by atoms with Crippen LogP contribution in [0.1, 0.15) is 51.1 Å². The highest BCUT2D eigenvalue weighted by Crippen LogP contribution is 2.37. The smallest absolute Gasteiger partial charge is 0.367 e. The largest absolute Gasteiger partial charge is 0.418 e. The number of nitrogens with one attached hydrogen (secondary N) is 2. The molecule has 1 fully saturated rings. The number of rotatable bonds is 10. The van der Waals surface area contributed by atoms with Crippen LogP contribution in [0.5, 0.6) is 0 Å². The molecule has 3 amide bonds. The van der Waals surface area contributed by atoms with E-state index in [0.717, 1.165) is 59.8 Å². The number of para-hydroxylation sites is 1. The first-order valence-corrected chi connectivity index (χ1v) is 19.4. The number of nitrogens with zero attached hydrogens (tertiary/aromatic N) is 3. The normalized spacial score (nSPS) is 13.3. The van der Waals surface area contributed by atoms with Gasteiger partial charge >= 0.3 is 18.0 Å². The van der Waals surface area contributed by atoms with Gasteiger partial charge in [0.15, 0.2) is 0 Å². The number of amides is 3. The average Bonchev–Trinajstić information content (AvgIpc) is 3.92. The van der Waals surface area contributed by atoms with Crippen molar-refractivity contribution in [3.05, 3.63) is 108 Å². The van der Waals surface area contributed by atoms with E-state index >= 15 is 0 Å². The highest BCUT2D eigenvalue weighted by molar-refractivity contribution is 7.18. The molecule has 0 saturated carbocycles. The fourth-order valence-corrected chi connectivity index (χ4v) is 9.26. The zero-order chi connectivity index (χ0) is 37.4. The number of anilines is 1. The molecule has 0 aliphatic carbocycles. The fourth-order valence-electron chi connectivity index (χ4n) is 5.65. The summed E-state index contributed by atoms with van der Waals surface area (Å²) in [5.74, 6) is -2.59. The van der Waals surface area contributed by atoms with Crippen LogP contribution in [0.2, 0.25) is 0 Å². The van der Waals surface area contributed by atoms with Crippen LogP contribution in [-0.2, 0) is 33.7 Å². The summed E-state index contributed by atoms with van der Waals surface area (Å²) in [6.45, 7) is 4.98. The number of ketones is 1. The van der Waals surface area contributed by atoms with Crippen molar-refractivity contribution in [3.63, 3.8) is 0 Å². The zero-order valence-corrected chi connectivity index (χ0v) is 31.2. The maximum atomic E-state index is 13.6.